The van der Waals surface area contributed by atoms with E-state index in [1.54, 1.807) is 12.1 Å². The minimum Gasteiger partial charge on any atom is -0.465 e. The second-order valence-corrected chi connectivity index (χ2v) is 10.2. The van der Waals surface area contributed by atoms with Crippen LogP contribution in [0.15, 0.2) is 42.7 Å². The van der Waals surface area contributed by atoms with Gasteiger partial charge in [0.05, 0.1) is 17.3 Å². The molecule has 3 heterocycles. The number of hydrogen-bond acceptors (Lipinski definition) is 5. The molecule has 1 aliphatic rings. The van der Waals surface area contributed by atoms with Crippen LogP contribution in [0.25, 0.3) is 11.3 Å². The summed E-state index contributed by atoms with van der Waals surface area (Å²) in [6, 6.07) is 7.28. The molecule has 3 aromatic rings. The highest BCUT2D eigenvalue weighted by Crippen LogP contribution is 2.44. The molecular formula is C26H30F2N6O3. The number of rotatable bonds is 8. The van der Waals surface area contributed by atoms with Gasteiger partial charge in [-0.25, -0.2) is 18.6 Å². The van der Waals surface area contributed by atoms with Crippen LogP contribution in [0.1, 0.15) is 43.1 Å². The van der Waals surface area contributed by atoms with Gasteiger partial charge in [-0.2, -0.15) is 5.10 Å². The van der Waals surface area contributed by atoms with Crippen molar-refractivity contribution >= 4 is 17.8 Å². The monoisotopic (exact) mass is 512 g/mol. The Morgan fingerprint density at radius 1 is 1.24 bits per heavy atom. The largest absolute Gasteiger partial charge is 0.465 e. The zero-order valence-electron chi connectivity index (χ0n) is 20.9. The number of carboxylic acid groups (broad SMARTS) is 1. The molecular weight excluding hydrogens is 482 g/mol. The lowest BCUT2D eigenvalue weighted by atomic mass is 9.65. The number of carbonyl (C=O) groups excluding carboxylic acids is 1. The SMILES string of the molecule is CC(C)(C)[C@]1(CNC(=O)c2cc(F)c(-c3cn[nH]c3)nc2NCCc2cccc(F)c2)CCN1C(=O)O. The van der Waals surface area contributed by atoms with Crippen molar-refractivity contribution in [1.29, 1.82) is 0 Å². The van der Waals surface area contributed by atoms with Crippen molar-refractivity contribution in [3.05, 3.63) is 65.5 Å². The van der Waals surface area contributed by atoms with Crippen LogP contribution in [0.4, 0.5) is 19.4 Å². The van der Waals surface area contributed by atoms with Gasteiger partial charge in [0.1, 0.15) is 17.3 Å². The van der Waals surface area contributed by atoms with Gasteiger partial charge in [-0.05, 0) is 42.0 Å². The summed E-state index contributed by atoms with van der Waals surface area (Å²) in [7, 11) is 0. The second kappa shape index (κ2) is 10.2. The maximum Gasteiger partial charge on any atom is 0.407 e. The van der Waals surface area contributed by atoms with Crippen molar-refractivity contribution in [2.24, 2.45) is 5.41 Å². The number of aromatic nitrogens is 3. The second-order valence-electron chi connectivity index (χ2n) is 10.2. The molecule has 1 fully saturated rings. The van der Waals surface area contributed by atoms with Crippen molar-refractivity contribution in [2.45, 2.75) is 39.2 Å². The minimum atomic E-state index is -1.05. The molecule has 1 saturated heterocycles. The van der Waals surface area contributed by atoms with Crippen LogP contribution in [0.5, 0.6) is 0 Å². The molecule has 11 heteroatoms. The van der Waals surface area contributed by atoms with Gasteiger partial charge in [0.25, 0.3) is 5.91 Å². The van der Waals surface area contributed by atoms with E-state index in [9.17, 15) is 19.1 Å². The van der Waals surface area contributed by atoms with Crippen molar-refractivity contribution in [3.63, 3.8) is 0 Å². The molecule has 0 radical (unpaired) electrons. The predicted octanol–water partition coefficient (Wildman–Crippen LogP) is 4.30. The van der Waals surface area contributed by atoms with Crippen LogP contribution in [0.3, 0.4) is 0 Å². The number of pyridine rings is 1. The number of halogens is 2. The fourth-order valence-corrected chi connectivity index (χ4v) is 4.72. The molecule has 1 aliphatic heterocycles. The number of aromatic amines is 1. The summed E-state index contributed by atoms with van der Waals surface area (Å²) >= 11 is 0. The third-order valence-corrected chi connectivity index (χ3v) is 7.02. The van der Waals surface area contributed by atoms with Crippen LogP contribution < -0.4 is 10.6 Å². The van der Waals surface area contributed by atoms with Gasteiger partial charge in [0, 0.05) is 31.4 Å². The average Bonchev–Trinajstić information content (AvgIpc) is 3.32. The highest BCUT2D eigenvalue weighted by Gasteiger charge is 2.55. The first-order chi connectivity index (χ1) is 17.5. The van der Waals surface area contributed by atoms with Crippen LogP contribution in [-0.4, -0.2) is 62.4 Å². The van der Waals surface area contributed by atoms with Gasteiger partial charge < -0.3 is 20.6 Å². The van der Waals surface area contributed by atoms with E-state index in [1.165, 1.54) is 29.4 Å². The standard InChI is InChI=1S/C26H30F2N6O3/c1-25(2,3)26(8-10-34(26)24(36)37)15-30-23(35)19-12-20(28)21(17-13-31-32-14-17)33-22(19)29-9-7-16-5-4-6-18(27)11-16/h4-6,11-14H,7-10,15H2,1-3H3,(H,29,33)(H,30,35)(H,31,32)(H,36,37)/t26-/m1/s1. The maximum atomic E-state index is 15.1. The Balaban J connectivity index is 1.58. The summed E-state index contributed by atoms with van der Waals surface area (Å²) in [6.07, 6.45) is 2.90. The lowest BCUT2D eigenvalue weighted by Gasteiger charge is -2.58. The van der Waals surface area contributed by atoms with E-state index in [-0.39, 0.29) is 29.4 Å². The fourth-order valence-electron chi connectivity index (χ4n) is 4.72. The molecule has 2 amide bonds. The summed E-state index contributed by atoms with van der Waals surface area (Å²) in [5.74, 6) is -1.48. The summed E-state index contributed by atoms with van der Waals surface area (Å²) in [5, 5.41) is 22.0. The van der Waals surface area contributed by atoms with E-state index in [0.29, 0.717) is 31.5 Å². The van der Waals surface area contributed by atoms with Crippen molar-refractivity contribution in [2.75, 3.05) is 25.0 Å². The van der Waals surface area contributed by atoms with Crippen molar-refractivity contribution in [1.82, 2.24) is 25.4 Å². The highest BCUT2D eigenvalue weighted by molar-refractivity contribution is 5.99. The number of hydrogen-bond donors (Lipinski definition) is 4. The maximum absolute atomic E-state index is 15.1. The quantitative estimate of drug-likeness (QED) is 0.357. The number of nitrogens with zero attached hydrogens (tertiary/aromatic N) is 3. The molecule has 37 heavy (non-hydrogen) atoms. The molecule has 196 valence electrons. The molecule has 1 atom stereocenters. The van der Waals surface area contributed by atoms with E-state index in [2.05, 4.69) is 25.8 Å². The lowest BCUT2D eigenvalue weighted by Crippen LogP contribution is -2.72. The molecule has 0 aliphatic carbocycles. The Bertz CT molecular complexity index is 1290. The van der Waals surface area contributed by atoms with Crippen LogP contribution in [-0.2, 0) is 6.42 Å². The Labute approximate surface area is 213 Å². The third-order valence-electron chi connectivity index (χ3n) is 7.02. The van der Waals surface area contributed by atoms with E-state index in [4.69, 9.17) is 0 Å². The average molecular weight is 513 g/mol. The zero-order valence-corrected chi connectivity index (χ0v) is 20.9. The summed E-state index contributed by atoms with van der Waals surface area (Å²) < 4.78 is 28.6. The number of likely N-dealkylation sites (tertiary alicyclic amines) is 1. The number of benzene rings is 1. The van der Waals surface area contributed by atoms with Gasteiger partial charge in [-0.1, -0.05) is 32.9 Å². The zero-order chi connectivity index (χ0) is 26.8. The van der Waals surface area contributed by atoms with Gasteiger partial charge in [0.2, 0.25) is 0 Å². The third kappa shape index (κ3) is 5.25. The highest BCUT2D eigenvalue weighted by atomic mass is 19.1. The first kappa shape index (κ1) is 26.1. The molecule has 0 unspecified atom stereocenters. The van der Waals surface area contributed by atoms with Crippen LogP contribution >= 0.6 is 0 Å². The predicted molar refractivity (Wildman–Crippen MR) is 134 cm³/mol. The van der Waals surface area contributed by atoms with Crippen molar-refractivity contribution < 1.29 is 23.5 Å². The molecule has 0 spiro atoms. The molecule has 0 saturated carbocycles. The number of amides is 2. The summed E-state index contributed by atoms with van der Waals surface area (Å²) in [6.45, 7) is 6.53. The molecule has 0 bridgehead atoms. The smallest absolute Gasteiger partial charge is 0.407 e. The minimum absolute atomic E-state index is 0.0146. The number of carbonyl (C=O) groups is 2. The Hall–Kier alpha value is -4.02. The van der Waals surface area contributed by atoms with Crippen LogP contribution in [0, 0.1) is 17.0 Å². The Morgan fingerprint density at radius 3 is 2.62 bits per heavy atom. The fraction of sp³-hybridized carbons (Fsp3) is 0.385. The number of H-pyrrole nitrogens is 1. The van der Waals surface area contributed by atoms with Gasteiger partial charge in [0.15, 0.2) is 5.82 Å². The van der Waals surface area contributed by atoms with E-state index < -0.39 is 28.8 Å². The molecule has 4 N–H and O–H groups in total. The molecule has 1 aromatic carbocycles. The van der Waals surface area contributed by atoms with Gasteiger partial charge in [-0.15, -0.1) is 0 Å². The van der Waals surface area contributed by atoms with Gasteiger partial charge >= 0.3 is 6.09 Å². The first-order valence-electron chi connectivity index (χ1n) is 12.0. The Morgan fingerprint density at radius 2 is 2.03 bits per heavy atom. The Kier molecular flexibility index (Phi) is 7.15. The number of anilines is 1. The van der Waals surface area contributed by atoms with E-state index >= 15 is 4.39 Å². The topological polar surface area (TPSA) is 123 Å². The molecule has 4 rings (SSSR count). The normalized spacial score (nSPS) is 17.3. The summed E-state index contributed by atoms with van der Waals surface area (Å²) in [5.41, 5.74) is -0.0767. The molecule has 9 nitrogen and oxygen atoms in total. The van der Waals surface area contributed by atoms with Crippen LogP contribution in [0.2, 0.25) is 0 Å². The molecule has 2 aromatic heterocycles. The van der Waals surface area contributed by atoms with Gasteiger partial charge in [-0.3, -0.25) is 9.89 Å². The lowest BCUT2D eigenvalue weighted by molar-refractivity contribution is -0.0690. The summed E-state index contributed by atoms with van der Waals surface area (Å²) in [4.78, 5) is 30.8. The van der Waals surface area contributed by atoms with E-state index in [1.807, 2.05) is 20.8 Å². The van der Waals surface area contributed by atoms with Crippen molar-refractivity contribution in [3.8, 4) is 11.3 Å². The number of nitrogens with one attached hydrogen (secondary N) is 3. The first-order valence-corrected chi connectivity index (χ1v) is 12.0. The van der Waals surface area contributed by atoms with E-state index in [0.717, 1.165) is 11.6 Å².